The molecule has 0 aromatic heterocycles. The van der Waals surface area contributed by atoms with Gasteiger partial charge in [0.1, 0.15) is 5.75 Å². The largest absolute Gasteiger partial charge is 0.435 e. The van der Waals surface area contributed by atoms with Gasteiger partial charge < -0.3 is 4.74 Å². The summed E-state index contributed by atoms with van der Waals surface area (Å²) in [5.74, 6) is -0.275. The zero-order valence-electron chi connectivity index (χ0n) is 11.4. The highest BCUT2D eigenvalue weighted by Crippen LogP contribution is 2.16. The van der Waals surface area contributed by atoms with E-state index < -0.39 is 6.61 Å². The number of nitriles is 1. The van der Waals surface area contributed by atoms with Gasteiger partial charge in [0.15, 0.2) is 5.78 Å². The normalized spacial score (nSPS) is 10.6. The summed E-state index contributed by atoms with van der Waals surface area (Å²) in [7, 11) is 0. The number of carbonyl (C=O) groups is 1. The Kier molecular flexibility index (Phi) is 4.99. The summed E-state index contributed by atoms with van der Waals surface area (Å²) in [6, 6.07) is 14.3. The zero-order chi connectivity index (χ0) is 15.9. The predicted molar refractivity (Wildman–Crippen MR) is 77.6 cm³/mol. The molecule has 0 fully saturated rings. The van der Waals surface area contributed by atoms with Crippen molar-refractivity contribution >= 4 is 11.9 Å². The summed E-state index contributed by atoms with van der Waals surface area (Å²) in [5.41, 5.74) is 1.59. The van der Waals surface area contributed by atoms with Crippen LogP contribution in [0.25, 0.3) is 6.08 Å². The molecule has 0 aliphatic heterocycles. The van der Waals surface area contributed by atoms with E-state index in [9.17, 15) is 13.6 Å². The second kappa shape index (κ2) is 7.14. The number of carbonyl (C=O) groups excluding carboxylic acids is 1. The number of ketones is 1. The SMILES string of the molecule is N#Cc1cccc(C=CC(=O)c2ccc(OC(F)F)cc2)c1. The number of rotatable bonds is 5. The molecule has 0 saturated heterocycles. The number of nitrogens with zero attached hydrogens (tertiary/aromatic N) is 1. The van der Waals surface area contributed by atoms with Gasteiger partial charge in [-0.1, -0.05) is 18.2 Å². The van der Waals surface area contributed by atoms with Crippen molar-refractivity contribution in [2.75, 3.05) is 0 Å². The van der Waals surface area contributed by atoms with E-state index in [4.69, 9.17) is 5.26 Å². The molecule has 0 amide bonds. The maximum absolute atomic E-state index is 12.0. The summed E-state index contributed by atoms with van der Waals surface area (Å²) >= 11 is 0. The third-order valence-corrected chi connectivity index (χ3v) is 2.81. The highest BCUT2D eigenvalue weighted by molar-refractivity contribution is 6.06. The third-order valence-electron chi connectivity index (χ3n) is 2.81. The van der Waals surface area contributed by atoms with Crippen molar-refractivity contribution < 1.29 is 18.3 Å². The zero-order valence-corrected chi connectivity index (χ0v) is 11.4. The van der Waals surface area contributed by atoms with E-state index in [-0.39, 0.29) is 11.5 Å². The Labute approximate surface area is 126 Å². The molecule has 0 N–H and O–H groups in total. The van der Waals surface area contributed by atoms with Crippen LogP contribution >= 0.6 is 0 Å². The number of allylic oxidation sites excluding steroid dienone is 1. The summed E-state index contributed by atoms with van der Waals surface area (Å²) in [5, 5.41) is 8.80. The highest BCUT2D eigenvalue weighted by Gasteiger charge is 2.06. The van der Waals surface area contributed by atoms with Gasteiger partial charge in [-0.05, 0) is 48.0 Å². The number of hydrogen-bond acceptors (Lipinski definition) is 3. The van der Waals surface area contributed by atoms with E-state index >= 15 is 0 Å². The van der Waals surface area contributed by atoms with E-state index in [2.05, 4.69) is 4.74 Å². The average Bonchev–Trinajstić information content (AvgIpc) is 2.53. The Morgan fingerprint density at radius 1 is 1.18 bits per heavy atom. The molecule has 22 heavy (non-hydrogen) atoms. The molecular weight excluding hydrogens is 288 g/mol. The van der Waals surface area contributed by atoms with Crippen LogP contribution in [0.5, 0.6) is 5.75 Å². The smallest absolute Gasteiger partial charge is 0.387 e. The molecule has 0 bridgehead atoms. The van der Waals surface area contributed by atoms with Crippen LogP contribution in [0.2, 0.25) is 0 Å². The minimum Gasteiger partial charge on any atom is -0.435 e. The Balaban J connectivity index is 2.08. The lowest BCUT2D eigenvalue weighted by Gasteiger charge is -2.04. The van der Waals surface area contributed by atoms with Gasteiger partial charge in [0.05, 0.1) is 11.6 Å². The quantitative estimate of drug-likeness (QED) is 0.618. The molecule has 5 heteroatoms. The lowest BCUT2D eigenvalue weighted by Crippen LogP contribution is -2.02. The van der Waals surface area contributed by atoms with Gasteiger partial charge in [0.25, 0.3) is 0 Å². The van der Waals surface area contributed by atoms with Gasteiger partial charge in [0, 0.05) is 5.56 Å². The van der Waals surface area contributed by atoms with E-state index in [1.54, 1.807) is 30.3 Å². The Morgan fingerprint density at radius 3 is 2.55 bits per heavy atom. The molecule has 0 heterocycles. The van der Waals surface area contributed by atoms with Gasteiger partial charge in [0.2, 0.25) is 0 Å². The molecule has 2 aromatic carbocycles. The first-order valence-electron chi connectivity index (χ1n) is 6.36. The summed E-state index contributed by atoms with van der Waals surface area (Å²) in [4.78, 5) is 12.0. The van der Waals surface area contributed by atoms with Crippen molar-refractivity contribution in [3.05, 3.63) is 71.3 Å². The van der Waals surface area contributed by atoms with Gasteiger partial charge in [-0.25, -0.2) is 0 Å². The fourth-order valence-corrected chi connectivity index (χ4v) is 1.78. The Morgan fingerprint density at radius 2 is 1.91 bits per heavy atom. The van der Waals surface area contributed by atoms with E-state index in [0.717, 1.165) is 5.56 Å². The molecule has 0 radical (unpaired) electrons. The first kappa shape index (κ1) is 15.4. The van der Waals surface area contributed by atoms with E-state index in [1.165, 1.54) is 30.3 Å². The van der Waals surface area contributed by atoms with Gasteiger partial charge in [-0.2, -0.15) is 14.0 Å². The topological polar surface area (TPSA) is 50.1 Å². The van der Waals surface area contributed by atoms with Crippen molar-refractivity contribution in [2.45, 2.75) is 6.61 Å². The van der Waals surface area contributed by atoms with Crippen LogP contribution in [0, 0.1) is 11.3 Å². The first-order chi connectivity index (χ1) is 10.6. The lowest BCUT2D eigenvalue weighted by atomic mass is 10.1. The molecule has 3 nitrogen and oxygen atoms in total. The molecule has 0 spiro atoms. The van der Waals surface area contributed by atoms with E-state index in [1.807, 2.05) is 6.07 Å². The van der Waals surface area contributed by atoms with Crippen molar-refractivity contribution in [1.82, 2.24) is 0 Å². The highest BCUT2D eigenvalue weighted by atomic mass is 19.3. The molecule has 0 atom stereocenters. The molecule has 110 valence electrons. The number of hydrogen-bond donors (Lipinski definition) is 0. The fraction of sp³-hybridized carbons (Fsp3) is 0.0588. The summed E-state index contributed by atoms with van der Waals surface area (Å²) < 4.78 is 28.3. The number of ether oxygens (including phenoxy) is 1. The van der Waals surface area contributed by atoms with Crippen molar-refractivity contribution in [3.63, 3.8) is 0 Å². The average molecular weight is 299 g/mol. The standard InChI is InChI=1S/C17H11F2NO2/c18-17(19)22-15-7-5-14(6-8-15)16(21)9-4-12-2-1-3-13(10-12)11-20/h1-10,17H. The number of alkyl halides is 2. The van der Waals surface area contributed by atoms with Crippen molar-refractivity contribution in [1.29, 1.82) is 5.26 Å². The van der Waals surface area contributed by atoms with Gasteiger partial charge >= 0.3 is 6.61 Å². The van der Waals surface area contributed by atoms with Gasteiger partial charge in [-0.3, -0.25) is 4.79 Å². The maximum atomic E-state index is 12.0. The van der Waals surface area contributed by atoms with Gasteiger partial charge in [-0.15, -0.1) is 0 Å². The molecule has 2 aromatic rings. The van der Waals surface area contributed by atoms with Crippen LogP contribution < -0.4 is 4.74 Å². The summed E-state index contributed by atoms with van der Waals surface area (Å²) in [6.07, 6.45) is 2.95. The molecule has 0 unspecified atom stereocenters. The second-order valence-electron chi connectivity index (χ2n) is 4.34. The van der Waals surface area contributed by atoms with Crippen LogP contribution in [0.3, 0.4) is 0 Å². The minimum atomic E-state index is -2.89. The second-order valence-corrected chi connectivity index (χ2v) is 4.34. The van der Waals surface area contributed by atoms with Crippen LogP contribution in [-0.2, 0) is 0 Å². The van der Waals surface area contributed by atoms with E-state index in [0.29, 0.717) is 11.1 Å². The lowest BCUT2D eigenvalue weighted by molar-refractivity contribution is -0.0498. The Hall–Kier alpha value is -3.00. The maximum Gasteiger partial charge on any atom is 0.387 e. The molecule has 0 aliphatic carbocycles. The first-order valence-corrected chi connectivity index (χ1v) is 6.36. The fourth-order valence-electron chi connectivity index (χ4n) is 1.78. The number of halogens is 2. The van der Waals surface area contributed by atoms with Crippen LogP contribution in [0.15, 0.2) is 54.6 Å². The molecule has 0 saturated carbocycles. The van der Waals surface area contributed by atoms with Crippen molar-refractivity contribution in [3.8, 4) is 11.8 Å². The number of benzene rings is 2. The van der Waals surface area contributed by atoms with Crippen molar-refractivity contribution in [2.24, 2.45) is 0 Å². The van der Waals surface area contributed by atoms with Crippen LogP contribution in [-0.4, -0.2) is 12.4 Å². The molecule has 2 rings (SSSR count). The third kappa shape index (κ3) is 4.25. The summed E-state index contributed by atoms with van der Waals surface area (Å²) in [6.45, 7) is -2.89. The van der Waals surface area contributed by atoms with Crippen LogP contribution in [0.1, 0.15) is 21.5 Å². The predicted octanol–water partition coefficient (Wildman–Crippen LogP) is 4.06. The molecule has 0 aliphatic rings. The van der Waals surface area contributed by atoms with Crippen LogP contribution in [0.4, 0.5) is 8.78 Å². The monoisotopic (exact) mass is 299 g/mol. The molecular formula is C17H11F2NO2. The minimum absolute atomic E-state index is 0.00255. The Bertz CT molecular complexity index is 731.